The fraction of sp³-hybridized carbons (Fsp3) is 0.130. The Hall–Kier alpha value is -3.60. The molecule has 5 heteroatoms. The fourth-order valence-corrected chi connectivity index (χ4v) is 3.44. The molecule has 1 heterocycles. The van der Waals surface area contributed by atoms with Crippen molar-refractivity contribution in [2.45, 2.75) is 19.0 Å². The number of aliphatic carboxylic acids is 1. The maximum atomic E-state index is 13.1. The number of carboxylic acids is 1. The Bertz CT molecular complexity index is 1020. The summed E-state index contributed by atoms with van der Waals surface area (Å²) in [6, 6.07) is 22.9. The lowest BCUT2D eigenvalue weighted by molar-refractivity contribution is -0.142. The Morgan fingerprint density at radius 3 is 2.29 bits per heavy atom. The molecule has 0 fully saturated rings. The average molecular weight is 373 g/mol. The number of amides is 1. The van der Waals surface area contributed by atoms with Crippen LogP contribution in [0.15, 0.2) is 78.9 Å². The number of para-hydroxylation sites is 1. The van der Waals surface area contributed by atoms with Gasteiger partial charge in [-0.3, -0.25) is 4.79 Å². The summed E-state index contributed by atoms with van der Waals surface area (Å²) in [5.74, 6) is -0.122. The number of nitrogens with zero attached hydrogens (tertiary/aromatic N) is 1. The van der Waals surface area contributed by atoms with E-state index in [0.717, 1.165) is 11.1 Å². The van der Waals surface area contributed by atoms with E-state index in [1.807, 2.05) is 54.6 Å². The molecule has 1 aliphatic rings. The molecule has 0 saturated heterocycles. The van der Waals surface area contributed by atoms with E-state index in [0.29, 0.717) is 23.5 Å². The van der Waals surface area contributed by atoms with Gasteiger partial charge < -0.3 is 14.7 Å². The van der Waals surface area contributed by atoms with E-state index in [4.69, 9.17) is 4.74 Å². The maximum absolute atomic E-state index is 13.1. The third kappa shape index (κ3) is 3.60. The van der Waals surface area contributed by atoms with Gasteiger partial charge in [0.05, 0.1) is 0 Å². The van der Waals surface area contributed by atoms with Crippen LogP contribution in [0.4, 0.5) is 0 Å². The first kappa shape index (κ1) is 17.8. The van der Waals surface area contributed by atoms with Crippen LogP contribution in [-0.2, 0) is 17.8 Å². The minimum Gasteiger partial charge on any atom is -0.480 e. The Morgan fingerprint density at radius 1 is 0.857 bits per heavy atom. The number of rotatable bonds is 4. The zero-order valence-electron chi connectivity index (χ0n) is 15.1. The first-order chi connectivity index (χ1) is 13.6. The van der Waals surface area contributed by atoms with Crippen molar-refractivity contribution in [3.8, 4) is 11.5 Å². The first-order valence-corrected chi connectivity index (χ1v) is 9.05. The number of carboxylic acid groups (broad SMARTS) is 1. The fourth-order valence-electron chi connectivity index (χ4n) is 3.44. The topological polar surface area (TPSA) is 66.8 Å². The average Bonchev–Trinajstić information content (AvgIpc) is 2.73. The van der Waals surface area contributed by atoms with Crippen LogP contribution in [0, 0.1) is 0 Å². The van der Waals surface area contributed by atoms with Crippen molar-refractivity contribution in [2.75, 3.05) is 0 Å². The molecule has 140 valence electrons. The second-order valence-electron chi connectivity index (χ2n) is 6.70. The Labute approximate surface area is 162 Å². The highest BCUT2D eigenvalue weighted by Gasteiger charge is 2.35. The Morgan fingerprint density at radius 2 is 1.54 bits per heavy atom. The van der Waals surface area contributed by atoms with Gasteiger partial charge in [-0.05, 0) is 41.5 Å². The third-order valence-corrected chi connectivity index (χ3v) is 4.85. The molecular weight excluding hydrogens is 354 g/mol. The van der Waals surface area contributed by atoms with Gasteiger partial charge in [0.2, 0.25) is 0 Å². The smallest absolute Gasteiger partial charge is 0.326 e. The van der Waals surface area contributed by atoms with Gasteiger partial charge in [-0.25, -0.2) is 4.79 Å². The lowest BCUT2D eigenvalue weighted by Gasteiger charge is -2.34. The largest absolute Gasteiger partial charge is 0.480 e. The van der Waals surface area contributed by atoms with E-state index in [1.165, 1.54) is 4.90 Å². The van der Waals surface area contributed by atoms with Gasteiger partial charge in [0.15, 0.2) is 0 Å². The number of benzene rings is 3. The normalized spacial score (nSPS) is 15.6. The predicted molar refractivity (Wildman–Crippen MR) is 104 cm³/mol. The summed E-state index contributed by atoms with van der Waals surface area (Å²) in [5.41, 5.74) is 2.35. The summed E-state index contributed by atoms with van der Waals surface area (Å²) in [6.07, 6.45) is 0.303. The Kier molecular flexibility index (Phi) is 4.81. The van der Waals surface area contributed by atoms with Crippen LogP contribution in [-0.4, -0.2) is 27.9 Å². The summed E-state index contributed by atoms with van der Waals surface area (Å²) in [7, 11) is 0. The van der Waals surface area contributed by atoms with E-state index >= 15 is 0 Å². The third-order valence-electron chi connectivity index (χ3n) is 4.85. The molecule has 1 amide bonds. The lowest BCUT2D eigenvalue weighted by atomic mass is 9.93. The van der Waals surface area contributed by atoms with Crippen molar-refractivity contribution in [3.05, 3.63) is 95.6 Å². The van der Waals surface area contributed by atoms with E-state index in [1.54, 1.807) is 24.3 Å². The van der Waals surface area contributed by atoms with Crippen molar-refractivity contribution in [1.82, 2.24) is 4.90 Å². The molecule has 0 aromatic heterocycles. The zero-order valence-corrected chi connectivity index (χ0v) is 15.1. The van der Waals surface area contributed by atoms with E-state index < -0.39 is 12.0 Å². The summed E-state index contributed by atoms with van der Waals surface area (Å²) in [6.45, 7) is 0.274. The predicted octanol–water partition coefficient (Wildman–Crippen LogP) is 4.13. The van der Waals surface area contributed by atoms with Gasteiger partial charge in [-0.15, -0.1) is 0 Å². The lowest BCUT2D eigenvalue weighted by Crippen LogP contribution is -2.48. The first-order valence-electron chi connectivity index (χ1n) is 9.05. The Balaban J connectivity index is 1.61. The van der Waals surface area contributed by atoms with Gasteiger partial charge in [0.25, 0.3) is 5.91 Å². The van der Waals surface area contributed by atoms with Crippen LogP contribution in [0.5, 0.6) is 11.5 Å². The highest BCUT2D eigenvalue weighted by atomic mass is 16.5. The summed E-state index contributed by atoms with van der Waals surface area (Å²) < 4.78 is 5.80. The molecule has 0 saturated carbocycles. The minimum absolute atomic E-state index is 0.274. The molecular formula is C23H19NO4. The van der Waals surface area contributed by atoms with E-state index in [2.05, 4.69) is 0 Å². The summed E-state index contributed by atoms with van der Waals surface area (Å²) in [5, 5.41) is 9.66. The van der Waals surface area contributed by atoms with Crippen LogP contribution in [0.2, 0.25) is 0 Å². The van der Waals surface area contributed by atoms with Crippen molar-refractivity contribution in [1.29, 1.82) is 0 Å². The molecule has 1 aliphatic heterocycles. The molecule has 3 aromatic rings. The minimum atomic E-state index is -1.00. The molecule has 0 bridgehead atoms. The van der Waals surface area contributed by atoms with Gasteiger partial charge in [0, 0.05) is 18.5 Å². The molecule has 3 aromatic carbocycles. The molecule has 1 N–H and O–H groups in total. The van der Waals surface area contributed by atoms with Crippen molar-refractivity contribution < 1.29 is 19.4 Å². The summed E-state index contributed by atoms with van der Waals surface area (Å²) in [4.78, 5) is 26.4. The zero-order chi connectivity index (χ0) is 19.5. The summed E-state index contributed by atoms with van der Waals surface area (Å²) >= 11 is 0. The molecule has 0 spiro atoms. The second-order valence-corrected chi connectivity index (χ2v) is 6.70. The molecule has 4 rings (SSSR count). The number of fused-ring (bicyclic) bond motifs is 1. The number of hydrogen-bond donors (Lipinski definition) is 1. The quantitative estimate of drug-likeness (QED) is 0.747. The van der Waals surface area contributed by atoms with E-state index in [-0.39, 0.29) is 12.5 Å². The van der Waals surface area contributed by atoms with Gasteiger partial charge in [-0.1, -0.05) is 48.5 Å². The SMILES string of the molecule is O=C(O)[C@@H]1Cc2ccccc2CN1C(=O)c1cccc(Oc2ccccc2)c1. The van der Waals surface area contributed by atoms with Gasteiger partial charge in [0.1, 0.15) is 17.5 Å². The number of carbonyl (C=O) groups excluding carboxylic acids is 1. The highest BCUT2D eigenvalue weighted by molar-refractivity contribution is 5.97. The van der Waals surface area contributed by atoms with Crippen LogP contribution in [0.25, 0.3) is 0 Å². The molecule has 28 heavy (non-hydrogen) atoms. The molecule has 0 aliphatic carbocycles. The van der Waals surface area contributed by atoms with Crippen molar-refractivity contribution >= 4 is 11.9 Å². The molecule has 0 unspecified atom stereocenters. The van der Waals surface area contributed by atoms with Crippen LogP contribution >= 0.6 is 0 Å². The maximum Gasteiger partial charge on any atom is 0.326 e. The monoisotopic (exact) mass is 373 g/mol. The van der Waals surface area contributed by atoms with Crippen LogP contribution < -0.4 is 4.74 Å². The van der Waals surface area contributed by atoms with Crippen LogP contribution in [0.3, 0.4) is 0 Å². The molecule has 1 atom stereocenters. The van der Waals surface area contributed by atoms with Gasteiger partial charge >= 0.3 is 5.97 Å². The van der Waals surface area contributed by atoms with Crippen molar-refractivity contribution in [2.24, 2.45) is 0 Å². The molecule has 5 nitrogen and oxygen atoms in total. The molecule has 0 radical (unpaired) electrons. The van der Waals surface area contributed by atoms with Crippen molar-refractivity contribution in [3.63, 3.8) is 0 Å². The van der Waals surface area contributed by atoms with Crippen LogP contribution in [0.1, 0.15) is 21.5 Å². The number of carbonyl (C=O) groups is 2. The van der Waals surface area contributed by atoms with E-state index in [9.17, 15) is 14.7 Å². The standard InChI is InChI=1S/C23H19NO4/c25-22(17-9-6-12-20(13-17)28-19-10-2-1-3-11-19)24-15-18-8-5-4-7-16(18)14-21(24)23(26)27/h1-13,21H,14-15H2,(H,26,27)/t21-/m0/s1. The highest BCUT2D eigenvalue weighted by Crippen LogP contribution is 2.27. The second kappa shape index (κ2) is 7.56. The number of ether oxygens (including phenoxy) is 1. The van der Waals surface area contributed by atoms with Gasteiger partial charge in [-0.2, -0.15) is 0 Å². The number of hydrogen-bond acceptors (Lipinski definition) is 3.